The molecule has 1 atom stereocenters. The van der Waals surface area contributed by atoms with Crippen LogP contribution in [0.2, 0.25) is 0 Å². The van der Waals surface area contributed by atoms with Crippen molar-refractivity contribution in [3.8, 4) is 0 Å². The lowest BCUT2D eigenvalue weighted by Gasteiger charge is -2.35. The van der Waals surface area contributed by atoms with Gasteiger partial charge in [0.05, 0.1) is 0 Å². The van der Waals surface area contributed by atoms with Crippen molar-refractivity contribution in [3.05, 3.63) is 29.3 Å². The molecule has 3 N–H and O–H groups in total. The first-order valence-corrected chi connectivity index (χ1v) is 7.87. The van der Waals surface area contributed by atoms with Gasteiger partial charge in [-0.25, -0.2) is 0 Å². The van der Waals surface area contributed by atoms with Crippen LogP contribution in [0.1, 0.15) is 42.6 Å². The smallest absolute Gasteiger partial charge is 0.248 e. The normalized spacial score (nSPS) is 18.8. The van der Waals surface area contributed by atoms with Crippen LogP contribution in [-0.2, 0) is 0 Å². The first-order valence-electron chi connectivity index (χ1n) is 7.87. The van der Waals surface area contributed by atoms with Crippen molar-refractivity contribution in [2.24, 2.45) is 11.7 Å². The number of carbonyl (C=O) groups excluding carboxylic acids is 1. The maximum absolute atomic E-state index is 11.4. The van der Waals surface area contributed by atoms with Gasteiger partial charge in [-0.05, 0) is 76.4 Å². The number of nitrogens with one attached hydrogen (secondary N) is 1. The fraction of sp³-hybridized carbons (Fsp3) is 0.588. The zero-order valence-corrected chi connectivity index (χ0v) is 13.4. The Hall–Kier alpha value is -1.55. The summed E-state index contributed by atoms with van der Waals surface area (Å²) in [6.45, 7) is 9.68. The molecule has 1 fully saturated rings. The monoisotopic (exact) mass is 289 g/mol. The summed E-state index contributed by atoms with van der Waals surface area (Å²) >= 11 is 0. The third-order valence-electron chi connectivity index (χ3n) is 4.28. The average Bonchev–Trinajstić information content (AvgIpc) is 2.45. The molecule has 1 heterocycles. The first kappa shape index (κ1) is 15.8. The molecule has 1 unspecified atom stereocenters. The van der Waals surface area contributed by atoms with Crippen LogP contribution in [0.25, 0.3) is 0 Å². The van der Waals surface area contributed by atoms with E-state index in [4.69, 9.17) is 5.73 Å². The van der Waals surface area contributed by atoms with Gasteiger partial charge in [-0.2, -0.15) is 0 Å². The minimum atomic E-state index is -0.355. The third kappa shape index (κ3) is 3.97. The summed E-state index contributed by atoms with van der Waals surface area (Å²) in [5.41, 5.74) is 8.13. The molecule has 1 aliphatic rings. The predicted molar refractivity (Wildman–Crippen MR) is 87.8 cm³/mol. The van der Waals surface area contributed by atoms with Crippen molar-refractivity contribution in [1.82, 2.24) is 5.32 Å². The Morgan fingerprint density at radius 1 is 1.48 bits per heavy atom. The third-order valence-corrected chi connectivity index (χ3v) is 4.28. The molecular formula is C17H27N3O. The number of carbonyl (C=O) groups is 1. The Labute approximate surface area is 127 Å². The molecule has 116 valence electrons. The molecular weight excluding hydrogens is 262 g/mol. The zero-order chi connectivity index (χ0) is 15.4. The molecule has 1 aliphatic heterocycles. The maximum atomic E-state index is 11.4. The molecule has 4 heteroatoms. The predicted octanol–water partition coefficient (Wildman–Crippen LogP) is 2.31. The van der Waals surface area contributed by atoms with Crippen LogP contribution in [0, 0.1) is 12.8 Å². The number of hydrogen-bond acceptors (Lipinski definition) is 3. The number of primary amides is 1. The number of piperidine rings is 1. The van der Waals surface area contributed by atoms with Crippen molar-refractivity contribution in [2.75, 3.05) is 24.5 Å². The number of nitrogens with zero attached hydrogens (tertiary/aromatic N) is 1. The Bertz CT molecular complexity index is 493. The van der Waals surface area contributed by atoms with Crippen molar-refractivity contribution in [1.29, 1.82) is 0 Å². The van der Waals surface area contributed by atoms with E-state index in [2.05, 4.69) is 30.1 Å². The number of anilines is 1. The Kier molecular flexibility index (Phi) is 5.23. The number of nitrogens with two attached hydrogens (primary N) is 1. The van der Waals surface area contributed by atoms with Gasteiger partial charge in [-0.3, -0.25) is 4.79 Å². The van der Waals surface area contributed by atoms with Crippen molar-refractivity contribution < 1.29 is 4.79 Å². The highest BCUT2D eigenvalue weighted by Gasteiger charge is 2.20. The van der Waals surface area contributed by atoms with E-state index in [0.717, 1.165) is 25.2 Å². The molecule has 1 amide bonds. The van der Waals surface area contributed by atoms with Crippen LogP contribution in [0.3, 0.4) is 0 Å². The lowest BCUT2D eigenvalue weighted by Crippen LogP contribution is -2.41. The number of aryl methyl sites for hydroxylation is 1. The van der Waals surface area contributed by atoms with E-state index in [-0.39, 0.29) is 5.91 Å². The second-order valence-electron chi connectivity index (χ2n) is 6.32. The largest absolute Gasteiger partial charge is 0.369 e. The summed E-state index contributed by atoms with van der Waals surface area (Å²) in [6, 6.07) is 6.38. The maximum Gasteiger partial charge on any atom is 0.248 e. The molecule has 0 aromatic heterocycles. The minimum Gasteiger partial charge on any atom is -0.369 e. The Morgan fingerprint density at radius 2 is 2.24 bits per heavy atom. The molecule has 0 aliphatic carbocycles. The van der Waals surface area contributed by atoms with Gasteiger partial charge in [-0.1, -0.05) is 0 Å². The number of rotatable bonds is 5. The second kappa shape index (κ2) is 6.94. The van der Waals surface area contributed by atoms with Gasteiger partial charge < -0.3 is 16.0 Å². The summed E-state index contributed by atoms with van der Waals surface area (Å²) in [7, 11) is 0. The summed E-state index contributed by atoms with van der Waals surface area (Å²) in [5, 5.41) is 3.48. The summed E-state index contributed by atoms with van der Waals surface area (Å²) < 4.78 is 0. The van der Waals surface area contributed by atoms with E-state index in [1.165, 1.54) is 18.5 Å². The fourth-order valence-corrected chi connectivity index (χ4v) is 3.08. The van der Waals surface area contributed by atoms with Gasteiger partial charge in [0, 0.05) is 23.8 Å². The van der Waals surface area contributed by atoms with E-state index in [1.54, 1.807) is 0 Å². The highest BCUT2D eigenvalue weighted by atomic mass is 16.1. The average molecular weight is 289 g/mol. The molecule has 0 spiro atoms. The fourth-order valence-electron chi connectivity index (χ4n) is 3.08. The zero-order valence-electron chi connectivity index (χ0n) is 13.4. The van der Waals surface area contributed by atoms with Gasteiger partial charge in [0.15, 0.2) is 0 Å². The van der Waals surface area contributed by atoms with Gasteiger partial charge >= 0.3 is 0 Å². The van der Waals surface area contributed by atoms with Crippen molar-refractivity contribution in [3.63, 3.8) is 0 Å². The molecule has 1 saturated heterocycles. The van der Waals surface area contributed by atoms with Crippen LogP contribution < -0.4 is 16.0 Å². The van der Waals surface area contributed by atoms with Gasteiger partial charge in [0.1, 0.15) is 0 Å². The highest BCUT2D eigenvalue weighted by molar-refractivity contribution is 5.94. The van der Waals surface area contributed by atoms with E-state index < -0.39 is 0 Å². The SMILES string of the molecule is Cc1cc(N(CC2CCCNC2)C(C)C)ccc1C(N)=O. The quantitative estimate of drug-likeness (QED) is 0.874. The lowest BCUT2D eigenvalue weighted by molar-refractivity contribution is 0.0999. The lowest BCUT2D eigenvalue weighted by atomic mass is 9.97. The molecule has 4 nitrogen and oxygen atoms in total. The molecule has 0 radical (unpaired) electrons. The van der Waals surface area contributed by atoms with Crippen molar-refractivity contribution >= 4 is 11.6 Å². The highest BCUT2D eigenvalue weighted by Crippen LogP contribution is 2.24. The molecule has 1 aromatic rings. The van der Waals surface area contributed by atoms with Gasteiger partial charge in [0.25, 0.3) is 0 Å². The van der Waals surface area contributed by atoms with Crippen LogP contribution in [0.4, 0.5) is 5.69 Å². The molecule has 0 bridgehead atoms. The van der Waals surface area contributed by atoms with Crippen molar-refractivity contribution in [2.45, 2.75) is 39.7 Å². The van der Waals surface area contributed by atoms with E-state index in [9.17, 15) is 4.79 Å². The molecule has 1 aromatic carbocycles. The van der Waals surface area contributed by atoms with Crippen LogP contribution in [-0.4, -0.2) is 31.6 Å². The van der Waals surface area contributed by atoms with Crippen LogP contribution >= 0.6 is 0 Å². The van der Waals surface area contributed by atoms with Gasteiger partial charge in [0.2, 0.25) is 5.91 Å². The van der Waals surface area contributed by atoms with Crippen LogP contribution in [0.5, 0.6) is 0 Å². The summed E-state index contributed by atoms with van der Waals surface area (Å²) in [6.07, 6.45) is 2.55. The van der Waals surface area contributed by atoms with E-state index in [1.807, 2.05) is 19.1 Å². The number of hydrogen-bond donors (Lipinski definition) is 2. The summed E-state index contributed by atoms with van der Waals surface area (Å²) in [5.74, 6) is 0.337. The molecule has 21 heavy (non-hydrogen) atoms. The van der Waals surface area contributed by atoms with Gasteiger partial charge in [-0.15, -0.1) is 0 Å². The standard InChI is InChI=1S/C17H27N3O/c1-12(2)20(11-14-5-4-8-19-10-14)15-6-7-16(17(18)21)13(3)9-15/h6-7,9,12,14,19H,4-5,8,10-11H2,1-3H3,(H2,18,21). The Morgan fingerprint density at radius 3 is 2.76 bits per heavy atom. The number of benzene rings is 1. The topological polar surface area (TPSA) is 58.4 Å². The minimum absolute atomic E-state index is 0.355. The second-order valence-corrected chi connectivity index (χ2v) is 6.32. The Balaban J connectivity index is 2.17. The summed E-state index contributed by atoms with van der Waals surface area (Å²) in [4.78, 5) is 13.8. The molecule has 2 rings (SSSR count). The van der Waals surface area contributed by atoms with E-state index >= 15 is 0 Å². The molecule has 0 saturated carbocycles. The number of amides is 1. The first-order chi connectivity index (χ1) is 9.99. The van der Waals surface area contributed by atoms with Crippen LogP contribution in [0.15, 0.2) is 18.2 Å². The van der Waals surface area contributed by atoms with E-state index in [0.29, 0.717) is 17.5 Å².